The number of sulfonamides is 1. The summed E-state index contributed by atoms with van der Waals surface area (Å²) in [6.45, 7) is 2.48. The summed E-state index contributed by atoms with van der Waals surface area (Å²) in [7, 11) is -3.52. The van der Waals surface area contributed by atoms with Gasteiger partial charge in [-0.3, -0.25) is 0 Å². The second-order valence-electron chi connectivity index (χ2n) is 5.88. The van der Waals surface area contributed by atoms with Crippen molar-refractivity contribution < 1.29 is 13.5 Å². The Morgan fingerprint density at radius 3 is 2.38 bits per heavy atom. The van der Waals surface area contributed by atoms with E-state index < -0.39 is 15.6 Å². The minimum atomic E-state index is -3.52. The van der Waals surface area contributed by atoms with Gasteiger partial charge in [0.05, 0.1) is 10.5 Å². The highest BCUT2D eigenvalue weighted by Crippen LogP contribution is 2.29. The lowest BCUT2D eigenvalue weighted by molar-refractivity contribution is 0.0126. The average Bonchev–Trinajstić information content (AvgIpc) is 2.46. The minimum absolute atomic E-state index is 0.349. The number of hydrogen-bond donors (Lipinski definition) is 1. The van der Waals surface area contributed by atoms with Crippen LogP contribution in [0.5, 0.6) is 0 Å². The fourth-order valence-corrected chi connectivity index (χ4v) is 4.42. The van der Waals surface area contributed by atoms with E-state index >= 15 is 0 Å². The monoisotopic (exact) mass is 305 g/mol. The Labute approximate surface area is 125 Å². The predicted molar refractivity (Wildman–Crippen MR) is 82.6 cm³/mol. The van der Waals surface area contributed by atoms with Gasteiger partial charge < -0.3 is 5.11 Å². The number of nitrogens with zero attached hydrogens (tertiary/aromatic N) is 1. The molecule has 0 aliphatic carbocycles. The molecule has 0 bridgehead atoms. The van der Waals surface area contributed by atoms with Crippen molar-refractivity contribution in [3.63, 3.8) is 0 Å². The first-order valence-corrected chi connectivity index (χ1v) is 8.54. The van der Waals surface area contributed by atoms with Crippen LogP contribution in [-0.2, 0) is 10.0 Å². The Kier molecular flexibility index (Phi) is 3.51. The second-order valence-corrected chi connectivity index (χ2v) is 7.78. The van der Waals surface area contributed by atoms with E-state index in [2.05, 4.69) is 0 Å². The maximum Gasteiger partial charge on any atom is 0.243 e. The van der Waals surface area contributed by atoms with Crippen LogP contribution < -0.4 is 0 Å². The third kappa shape index (κ3) is 2.69. The normalized spacial score (nSPS) is 19.7. The highest BCUT2D eigenvalue weighted by molar-refractivity contribution is 7.89. The van der Waals surface area contributed by atoms with Gasteiger partial charge >= 0.3 is 0 Å². The summed E-state index contributed by atoms with van der Waals surface area (Å²) < 4.78 is 27.2. The van der Waals surface area contributed by atoms with Crippen LogP contribution in [0.2, 0.25) is 0 Å². The molecular formula is C16H19NO3S. The Hall–Kier alpha value is -1.43. The molecule has 2 aromatic rings. The molecule has 0 atom stereocenters. The van der Waals surface area contributed by atoms with Gasteiger partial charge in [0.25, 0.3) is 0 Å². The molecule has 0 unspecified atom stereocenters. The van der Waals surface area contributed by atoms with Crippen molar-refractivity contribution in [3.8, 4) is 0 Å². The van der Waals surface area contributed by atoms with E-state index in [4.69, 9.17) is 0 Å². The van der Waals surface area contributed by atoms with Crippen molar-refractivity contribution >= 4 is 20.8 Å². The zero-order chi connectivity index (χ0) is 15.1. The quantitative estimate of drug-likeness (QED) is 0.927. The Morgan fingerprint density at radius 2 is 1.67 bits per heavy atom. The van der Waals surface area contributed by atoms with E-state index in [1.807, 2.05) is 30.3 Å². The SMILES string of the molecule is CC1(O)CCN(S(=O)(=O)c2cccc3ccccc23)CC1. The molecule has 21 heavy (non-hydrogen) atoms. The molecule has 0 radical (unpaired) electrons. The number of aliphatic hydroxyl groups is 1. The van der Waals surface area contributed by atoms with Crippen LogP contribution in [-0.4, -0.2) is 36.5 Å². The van der Waals surface area contributed by atoms with Crippen molar-refractivity contribution in [2.24, 2.45) is 0 Å². The van der Waals surface area contributed by atoms with Gasteiger partial charge in [-0.2, -0.15) is 4.31 Å². The van der Waals surface area contributed by atoms with Crippen LogP contribution in [0.15, 0.2) is 47.4 Å². The Bertz CT molecular complexity index is 753. The van der Waals surface area contributed by atoms with E-state index in [0.717, 1.165) is 10.8 Å². The van der Waals surface area contributed by atoms with Crippen molar-refractivity contribution in [3.05, 3.63) is 42.5 Å². The lowest BCUT2D eigenvalue weighted by Crippen LogP contribution is -2.45. The molecular weight excluding hydrogens is 286 g/mol. The van der Waals surface area contributed by atoms with Gasteiger partial charge in [0.15, 0.2) is 0 Å². The standard InChI is InChI=1S/C16H19NO3S/c1-16(18)9-11-17(12-10-16)21(19,20)15-8-4-6-13-5-2-3-7-14(13)15/h2-8,18H,9-12H2,1H3. The van der Waals surface area contributed by atoms with Crippen LogP contribution in [0.1, 0.15) is 19.8 Å². The maximum atomic E-state index is 12.9. The summed E-state index contributed by atoms with van der Waals surface area (Å²) >= 11 is 0. The highest BCUT2D eigenvalue weighted by atomic mass is 32.2. The van der Waals surface area contributed by atoms with E-state index in [9.17, 15) is 13.5 Å². The van der Waals surface area contributed by atoms with Gasteiger partial charge in [0.1, 0.15) is 0 Å². The molecule has 112 valence electrons. The summed E-state index contributed by atoms with van der Waals surface area (Å²) in [6, 6.07) is 12.8. The molecule has 0 saturated carbocycles. The van der Waals surface area contributed by atoms with Crippen molar-refractivity contribution in [2.45, 2.75) is 30.3 Å². The number of benzene rings is 2. The van der Waals surface area contributed by atoms with Gasteiger partial charge in [-0.25, -0.2) is 8.42 Å². The molecule has 1 aliphatic heterocycles. The summed E-state index contributed by atoms with van der Waals surface area (Å²) in [5.41, 5.74) is -0.759. The van der Waals surface area contributed by atoms with Crippen molar-refractivity contribution in [1.29, 1.82) is 0 Å². The zero-order valence-corrected chi connectivity index (χ0v) is 12.8. The summed E-state index contributed by atoms with van der Waals surface area (Å²) in [4.78, 5) is 0.349. The molecule has 0 aromatic heterocycles. The van der Waals surface area contributed by atoms with E-state index in [0.29, 0.717) is 30.8 Å². The Morgan fingerprint density at radius 1 is 1.05 bits per heavy atom. The summed E-state index contributed by atoms with van der Waals surface area (Å²) in [5.74, 6) is 0. The molecule has 3 rings (SSSR count). The van der Waals surface area contributed by atoms with Gasteiger partial charge in [0.2, 0.25) is 10.0 Å². The first-order valence-electron chi connectivity index (χ1n) is 7.10. The molecule has 1 N–H and O–H groups in total. The first-order chi connectivity index (χ1) is 9.90. The average molecular weight is 305 g/mol. The van der Waals surface area contributed by atoms with E-state index in [1.54, 1.807) is 19.1 Å². The summed E-state index contributed by atoms with van der Waals surface area (Å²) in [6.07, 6.45) is 0.938. The lowest BCUT2D eigenvalue weighted by Gasteiger charge is -2.35. The topological polar surface area (TPSA) is 57.6 Å². The van der Waals surface area contributed by atoms with Crippen LogP contribution in [0.4, 0.5) is 0 Å². The number of rotatable bonds is 2. The molecule has 4 nitrogen and oxygen atoms in total. The fraction of sp³-hybridized carbons (Fsp3) is 0.375. The van der Waals surface area contributed by atoms with Crippen LogP contribution in [0.25, 0.3) is 10.8 Å². The molecule has 0 spiro atoms. The molecule has 1 saturated heterocycles. The van der Waals surface area contributed by atoms with Crippen LogP contribution in [0.3, 0.4) is 0 Å². The molecule has 1 aliphatic rings. The molecule has 0 amide bonds. The predicted octanol–water partition coefficient (Wildman–Crippen LogP) is 2.38. The fourth-order valence-electron chi connectivity index (χ4n) is 2.77. The third-order valence-electron chi connectivity index (χ3n) is 4.17. The number of piperidine rings is 1. The lowest BCUT2D eigenvalue weighted by atomic mass is 9.95. The minimum Gasteiger partial charge on any atom is -0.390 e. The van der Waals surface area contributed by atoms with Gasteiger partial charge in [-0.15, -0.1) is 0 Å². The van der Waals surface area contributed by atoms with Gasteiger partial charge in [-0.1, -0.05) is 36.4 Å². The van der Waals surface area contributed by atoms with E-state index in [1.165, 1.54) is 4.31 Å². The second kappa shape index (κ2) is 5.09. The maximum absolute atomic E-state index is 12.9. The smallest absolute Gasteiger partial charge is 0.243 e. The number of hydrogen-bond acceptors (Lipinski definition) is 3. The molecule has 2 aromatic carbocycles. The Balaban J connectivity index is 2.02. The van der Waals surface area contributed by atoms with E-state index in [-0.39, 0.29) is 0 Å². The largest absolute Gasteiger partial charge is 0.390 e. The highest BCUT2D eigenvalue weighted by Gasteiger charge is 2.34. The van der Waals surface area contributed by atoms with Gasteiger partial charge in [0, 0.05) is 18.5 Å². The van der Waals surface area contributed by atoms with Crippen LogP contribution in [0, 0.1) is 0 Å². The van der Waals surface area contributed by atoms with Gasteiger partial charge in [-0.05, 0) is 31.2 Å². The molecule has 1 heterocycles. The molecule has 5 heteroatoms. The molecule has 1 fully saturated rings. The van der Waals surface area contributed by atoms with Crippen LogP contribution >= 0.6 is 0 Å². The first kappa shape index (κ1) is 14.5. The number of fused-ring (bicyclic) bond motifs is 1. The van der Waals surface area contributed by atoms with Crippen molar-refractivity contribution in [1.82, 2.24) is 4.31 Å². The summed E-state index contributed by atoms with van der Waals surface area (Å²) in [5, 5.41) is 11.6. The zero-order valence-electron chi connectivity index (χ0n) is 12.0. The third-order valence-corrected chi connectivity index (χ3v) is 6.12. The van der Waals surface area contributed by atoms with Crippen molar-refractivity contribution in [2.75, 3.05) is 13.1 Å².